The normalized spacial score (nSPS) is 24.9. The first-order chi connectivity index (χ1) is 18.4. The number of aromatic nitrogens is 2. The number of halogens is 3. The molecular weight excluding hydrogens is 566 g/mol. The van der Waals surface area contributed by atoms with E-state index in [1.165, 1.54) is 13.8 Å². The maximum atomic E-state index is 15.1. The standard InChI is InChI=1S/C22H35F3N5O9P/c1-10(2)37-18(32)12(5)28-40(35,29-13(6)19(33)38-11(3)4)36-9-22(20(24)25)16(31)15(23)17(39-22)30-8-7-14(26)27-21(30)34/h7-8,10-13,15-17,20,28-29,31,35H,9H2,1-6H3,(H-,26,27,34)/p+1/t12-,13-,15-,16-,17+,22+/m0/s1. The van der Waals surface area contributed by atoms with Crippen molar-refractivity contribution in [1.82, 2.24) is 19.7 Å². The second-order valence-corrected chi connectivity index (χ2v) is 11.6. The lowest BCUT2D eigenvalue weighted by Gasteiger charge is -2.32. The zero-order valence-electron chi connectivity index (χ0n) is 22.8. The van der Waals surface area contributed by atoms with E-state index < -0.39 is 87.1 Å². The maximum Gasteiger partial charge on any atom is 0.430 e. The predicted molar refractivity (Wildman–Crippen MR) is 135 cm³/mol. The van der Waals surface area contributed by atoms with Crippen molar-refractivity contribution in [2.24, 2.45) is 0 Å². The van der Waals surface area contributed by atoms with Crippen LogP contribution in [0.15, 0.2) is 17.1 Å². The fourth-order valence-electron chi connectivity index (χ4n) is 3.58. The highest BCUT2D eigenvalue weighted by Gasteiger charge is 2.64. The van der Waals surface area contributed by atoms with Crippen molar-refractivity contribution in [3.8, 4) is 0 Å². The van der Waals surface area contributed by atoms with Crippen molar-refractivity contribution < 1.29 is 51.5 Å². The van der Waals surface area contributed by atoms with E-state index in [4.69, 9.17) is 24.5 Å². The molecule has 1 fully saturated rings. The smallest absolute Gasteiger partial charge is 0.430 e. The van der Waals surface area contributed by atoms with Gasteiger partial charge in [0.15, 0.2) is 18.0 Å². The Labute approximate surface area is 228 Å². The number of rotatable bonds is 13. The van der Waals surface area contributed by atoms with Gasteiger partial charge in [-0.25, -0.2) is 18.0 Å². The number of hydrogen-bond acceptors (Lipinski definition) is 13. The van der Waals surface area contributed by atoms with E-state index in [1.54, 1.807) is 27.7 Å². The molecule has 0 aromatic carbocycles. The number of hydrogen-bond donors (Lipinski definition) is 5. The van der Waals surface area contributed by atoms with Crippen LogP contribution in [0.2, 0.25) is 0 Å². The third kappa shape index (κ3) is 8.09. The molecule has 40 heavy (non-hydrogen) atoms. The summed E-state index contributed by atoms with van der Waals surface area (Å²) in [5.41, 5.74) is 1.17. The number of anilines is 1. The van der Waals surface area contributed by atoms with Crippen LogP contribution in [0.4, 0.5) is 19.0 Å². The zero-order chi connectivity index (χ0) is 30.6. The average molecular weight is 603 g/mol. The summed E-state index contributed by atoms with van der Waals surface area (Å²) in [6.07, 6.45) is -10.9. The van der Waals surface area contributed by atoms with E-state index in [0.29, 0.717) is 4.57 Å². The van der Waals surface area contributed by atoms with E-state index >= 15 is 4.39 Å². The lowest BCUT2D eigenvalue weighted by molar-refractivity contribution is -0.193. The summed E-state index contributed by atoms with van der Waals surface area (Å²) in [5, 5.41) is 15.3. The van der Waals surface area contributed by atoms with Crippen molar-refractivity contribution in [3.63, 3.8) is 0 Å². The molecule has 18 heteroatoms. The van der Waals surface area contributed by atoms with Gasteiger partial charge in [-0.1, -0.05) is 0 Å². The number of ether oxygens (including phenoxy) is 3. The second kappa shape index (κ2) is 13.5. The Balaban J connectivity index is 2.38. The van der Waals surface area contributed by atoms with Crippen LogP contribution in [-0.4, -0.2) is 86.7 Å². The maximum absolute atomic E-state index is 15.1. The molecule has 0 amide bonds. The Morgan fingerprint density at radius 1 is 1.15 bits per heavy atom. The fraction of sp³-hybridized carbons (Fsp3) is 0.727. The number of carbonyl (C=O) groups excluding carboxylic acids is 2. The highest BCUT2D eigenvalue weighted by atomic mass is 31.2. The number of nitrogens with one attached hydrogen (secondary N) is 2. The topological polar surface area (TPSA) is 196 Å². The number of nitrogen functional groups attached to an aromatic ring is 1. The van der Waals surface area contributed by atoms with Crippen LogP contribution in [-0.2, 0) is 28.3 Å². The van der Waals surface area contributed by atoms with Gasteiger partial charge in [-0.05, 0) is 47.6 Å². The summed E-state index contributed by atoms with van der Waals surface area (Å²) in [6, 6.07) is -1.49. The minimum Gasteiger partial charge on any atom is -0.462 e. The molecule has 14 nitrogen and oxygen atoms in total. The number of aliphatic hydroxyl groups excluding tert-OH is 1. The first-order valence-corrected chi connectivity index (χ1v) is 13.9. The quantitative estimate of drug-likeness (QED) is 0.156. The molecule has 1 aromatic rings. The summed E-state index contributed by atoms with van der Waals surface area (Å²) >= 11 is 0. The van der Waals surface area contributed by atoms with Gasteiger partial charge in [0.05, 0.1) is 12.2 Å². The van der Waals surface area contributed by atoms with Crippen LogP contribution >= 0.6 is 8.02 Å². The number of carbonyl (C=O) groups is 2. The van der Waals surface area contributed by atoms with Crippen LogP contribution in [0.3, 0.4) is 0 Å². The second-order valence-electron chi connectivity index (χ2n) is 9.72. The molecule has 1 aromatic heterocycles. The van der Waals surface area contributed by atoms with Crippen LogP contribution in [0.1, 0.15) is 47.8 Å². The van der Waals surface area contributed by atoms with Gasteiger partial charge in [0.25, 0.3) is 6.43 Å². The van der Waals surface area contributed by atoms with Gasteiger partial charge in [-0.3, -0.25) is 14.2 Å². The van der Waals surface area contributed by atoms with E-state index in [9.17, 15) is 33.2 Å². The first kappa shape index (κ1) is 33.8. The number of nitrogens with zero attached hydrogens (tertiary/aromatic N) is 2. The summed E-state index contributed by atoms with van der Waals surface area (Å²) in [7, 11) is -4.41. The van der Waals surface area contributed by atoms with Crippen LogP contribution in [0, 0.1) is 0 Å². The molecule has 1 aliphatic rings. The number of esters is 2. The van der Waals surface area contributed by atoms with Gasteiger partial charge in [-0.2, -0.15) is 14.4 Å². The summed E-state index contributed by atoms with van der Waals surface area (Å²) in [6.45, 7) is 7.47. The number of alkyl halides is 3. The molecular formula is C22H36F3N5O9P+. The Morgan fingerprint density at radius 3 is 2.08 bits per heavy atom. The lowest BCUT2D eigenvalue weighted by Crippen LogP contribution is -2.53. The summed E-state index contributed by atoms with van der Waals surface area (Å²) < 4.78 is 65.1. The fourth-order valence-corrected chi connectivity index (χ4v) is 5.46. The molecule has 2 heterocycles. The molecule has 2 rings (SSSR count). The lowest BCUT2D eigenvalue weighted by atomic mass is 9.97. The largest absolute Gasteiger partial charge is 0.462 e. The Hall–Kier alpha value is -2.40. The minimum absolute atomic E-state index is 0.221. The minimum atomic E-state index is -4.41. The molecule has 1 aliphatic heterocycles. The molecule has 0 aliphatic carbocycles. The van der Waals surface area contributed by atoms with Crippen molar-refractivity contribution in [2.45, 2.75) is 96.4 Å². The van der Waals surface area contributed by atoms with Crippen LogP contribution in [0.25, 0.3) is 0 Å². The molecule has 228 valence electrons. The van der Waals surface area contributed by atoms with Crippen molar-refractivity contribution in [1.29, 1.82) is 0 Å². The summed E-state index contributed by atoms with van der Waals surface area (Å²) in [5.74, 6) is -1.92. The third-order valence-electron chi connectivity index (χ3n) is 5.53. The summed E-state index contributed by atoms with van der Waals surface area (Å²) in [4.78, 5) is 51.5. The predicted octanol–water partition coefficient (Wildman–Crippen LogP) is 0.603. The van der Waals surface area contributed by atoms with E-state index in [-0.39, 0.29) is 5.82 Å². The van der Waals surface area contributed by atoms with Crippen molar-refractivity contribution in [2.75, 3.05) is 12.3 Å². The molecule has 0 saturated carbocycles. The van der Waals surface area contributed by atoms with Crippen LogP contribution in [0.5, 0.6) is 0 Å². The Bertz CT molecular complexity index is 1070. The highest BCUT2D eigenvalue weighted by Crippen LogP contribution is 2.51. The Kier molecular flexibility index (Phi) is 11.4. The zero-order valence-corrected chi connectivity index (χ0v) is 23.7. The van der Waals surface area contributed by atoms with E-state index in [0.717, 1.165) is 12.3 Å². The van der Waals surface area contributed by atoms with Crippen molar-refractivity contribution >= 4 is 25.8 Å². The monoisotopic (exact) mass is 602 g/mol. The molecule has 0 unspecified atom stereocenters. The van der Waals surface area contributed by atoms with Gasteiger partial charge in [0, 0.05) is 6.20 Å². The van der Waals surface area contributed by atoms with E-state index in [2.05, 4.69) is 15.2 Å². The highest BCUT2D eigenvalue weighted by molar-refractivity contribution is 7.61. The van der Waals surface area contributed by atoms with Crippen molar-refractivity contribution in [3.05, 3.63) is 22.7 Å². The van der Waals surface area contributed by atoms with Gasteiger partial charge in [-0.15, -0.1) is 10.2 Å². The molecule has 6 atom stereocenters. The van der Waals surface area contributed by atoms with Gasteiger partial charge in [0.2, 0.25) is 0 Å². The Morgan fingerprint density at radius 2 is 1.65 bits per heavy atom. The van der Waals surface area contributed by atoms with E-state index in [1.807, 2.05) is 0 Å². The number of nitrogens with two attached hydrogens (primary N) is 1. The van der Waals surface area contributed by atoms with Crippen LogP contribution < -0.4 is 21.6 Å². The third-order valence-corrected chi connectivity index (χ3v) is 7.51. The average Bonchev–Trinajstić information content (AvgIpc) is 3.08. The molecule has 0 radical (unpaired) electrons. The van der Waals surface area contributed by atoms with Gasteiger partial charge >= 0.3 is 25.6 Å². The molecule has 0 spiro atoms. The first-order valence-electron chi connectivity index (χ1n) is 12.3. The molecule has 6 N–H and O–H groups in total. The SMILES string of the molecule is CC(C)OC(=O)[C@H](C)N[P+](O)(N[C@@H](C)C(=O)OC(C)C)OC[C@@]1(C(F)F)O[C@@H](n2ccc(N)nc2=O)[C@@H](F)[C@@H]1O. The molecule has 1 saturated heterocycles. The van der Waals surface area contributed by atoms with Gasteiger partial charge < -0.3 is 25.1 Å². The number of aliphatic hydroxyl groups is 1. The molecule has 0 bridgehead atoms. The van der Waals surface area contributed by atoms with Gasteiger partial charge in [0.1, 0.15) is 30.6 Å².